The van der Waals surface area contributed by atoms with Crippen LogP contribution in [-0.4, -0.2) is 25.2 Å². The zero-order valence-corrected chi connectivity index (χ0v) is 10.2. The van der Waals surface area contributed by atoms with E-state index in [1.165, 1.54) is 0 Å². The van der Waals surface area contributed by atoms with Crippen LogP contribution in [-0.2, 0) is 19.1 Å². The van der Waals surface area contributed by atoms with Crippen molar-refractivity contribution in [3.05, 3.63) is 0 Å². The molecule has 16 heavy (non-hydrogen) atoms. The second-order valence-corrected chi connectivity index (χ2v) is 4.14. The van der Waals surface area contributed by atoms with Gasteiger partial charge in [0, 0.05) is 6.42 Å². The zero-order valence-electron chi connectivity index (χ0n) is 10.2. The highest BCUT2D eigenvalue weighted by molar-refractivity contribution is 5.76. The SMILES string of the molecule is CCOC(=O)CCC1C(C)C1C(=O)OCC. The van der Waals surface area contributed by atoms with Crippen LogP contribution in [0.15, 0.2) is 0 Å². The molecule has 3 atom stereocenters. The van der Waals surface area contributed by atoms with Gasteiger partial charge in [0.15, 0.2) is 0 Å². The van der Waals surface area contributed by atoms with E-state index in [1.54, 1.807) is 13.8 Å². The first-order valence-electron chi connectivity index (χ1n) is 5.94. The molecule has 3 unspecified atom stereocenters. The molecule has 1 aliphatic rings. The lowest BCUT2D eigenvalue weighted by Gasteiger charge is -2.01. The minimum atomic E-state index is -0.177. The zero-order chi connectivity index (χ0) is 12.1. The Morgan fingerprint density at radius 3 is 2.31 bits per heavy atom. The van der Waals surface area contributed by atoms with Crippen LogP contribution in [0.2, 0.25) is 0 Å². The Bertz CT molecular complexity index is 262. The minimum absolute atomic E-state index is 0.00521. The lowest BCUT2D eigenvalue weighted by atomic mass is 10.2. The first kappa shape index (κ1) is 13.0. The second-order valence-electron chi connectivity index (χ2n) is 4.14. The van der Waals surface area contributed by atoms with Gasteiger partial charge in [-0.15, -0.1) is 0 Å². The molecule has 0 amide bonds. The average Bonchev–Trinajstić information content (AvgIpc) is 2.87. The topological polar surface area (TPSA) is 52.6 Å². The smallest absolute Gasteiger partial charge is 0.309 e. The van der Waals surface area contributed by atoms with Crippen LogP contribution in [0.1, 0.15) is 33.6 Å². The molecule has 4 heteroatoms. The standard InChI is InChI=1S/C12H20O4/c1-4-15-10(13)7-6-9-8(3)11(9)12(14)16-5-2/h8-9,11H,4-7H2,1-3H3. The van der Waals surface area contributed by atoms with Crippen LogP contribution in [0.25, 0.3) is 0 Å². The summed E-state index contributed by atoms with van der Waals surface area (Å²) >= 11 is 0. The monoisotopic (exact) mass is 228 g/mol. The Morgan fingerprint density at radius 2 is 1.75 bits per heavy atom. The molecule has 0 N–H and O–H groups in total. The quantitative estimate of drug-likeness (QED) is 0.650. The third kappa shape index (κ3) is 3.22. The Hall–Kier alpha value is -1.06. The molecule has 0 spiro atoms. The fourth-order valence-corrected chi connectivity index (χ4v) is 2.13. The molecule has 0 aromatic heterocycles. The molecular formula is C12H20O4. The van der Waals surface area contributed by atoms with Crippen molar-refractivity contribution in [2.24, 2.45) is 17.8 Å². The van der Waals surface area contributed by atoms with Crippen LogP contribution in [0.5, 0.6) is 0 Å². The van der Waals surface area contributed by atoms with E-state index in [9.17, 15) is 9.59 Å². The van der Waals surface area contributed by atoms with Gasteiger partial charge in [-0.25, -0.2) is 0 Å². The third-order valence-electron chi connectivity index (χ3n) is 3.11. The van der Waals surface area contributed by atoms with Gasteiger partial charge in [0.25, 0.3) is 0 Å². The Kier molecular flexibility index (Phi) is 4.77. The maximum atomic E-state index is 11.5. The summed E-state index contributed by atoms with van der Waals surface area (Å²) in [4.78, 5) is 22.6. The predicted octanol–water partition coefficient (Wildman–Crippen LogP) is 1.77. The van der Waals surface area contributed by atoms with Crippen molar-refractivity contribution in [2.45, 2.75) is 33.6 Å². The number of ether oxygens (including phenoxy) is 2. The van der Waals surface area contributed by atoms with Crippen molar-refractivity contribution in [2.75, 3.05) is 13.2 Å². The van der Waals surface area contributed by atoms with E-state index in [-0.39, 0.29) is 17.9 Å². The van der Waals surface area contributed by atoms with Crippen molar-refractivity contribution in [1.82, 2.24) is 0 Å². The fraction of sp³-hybridized carbons (Fsp3) is 0.833. The van der Waals surface area contributed by atoms with Gasteiger partial charge in [0.2, 0.25) is 0 Å². The molecule has 1 rings (SSSR count). The normalized spacial score (nSPS) is 27.3. The van der Waals surface area contributed by atoms with Crippen molar-refractivity contribution in [3.8, 4) is 0 Å². The summed E-state index contributed by atoms with van der Waals surface area (Å²) in [6, 6.07) is 0. The Morgan fingerprint density at radius 1 is 1.12 bits per heavy atom. The van der Waals surface area contributed by atoms with E-state index >= 15 is 0 Å². The van der Waals surface area contributed by atoms with Crippen molar-refractivity contribution in [1.29, 1.82) is 0 Å². The highest BCUT2D eigenvalue weighted by Crippen LogP contribution is 2.49. The largest absolute Gasteiger partial charge is 0.466 e. The van der Waals surface area contributed by atoms with Gasteiger partial charge in [0.05, 0.1) is 19.1 Å². The molecule has 0 heterocycles. The molecule has 1 aliphatic carbocycles. The van der Waals surface area contributed by atoms with E-state index in [2.05, 4.69) is 0 Å². The van der Waals surface area contributed by atoms with Gasteiger partial charge in [0.1, 0.15) is 0 Å². The molecule has 1 saturated carbocycles. The van der Waals surface area contributed by atoms with Gasteiger partial charge in [-0.05, 0) is 32.1 Å². The van der Waals surface area contributed by atoms with Crippen molar-refractivity contribution < 1.29 is 19.1 Å². The highest BCUT2D eigenvalue weighted by atomic mass is 16.5. The van der Waals surface area contributed by atoms with Gasteiger partial charge < -0.3 is 9.47 Å². The maximum absolute atomic E-state index is 11.5. The fourth-order valence-electron chi connectivity index (χ4n) is 2.13. The number of esters is 2. The molecule has 0 bridgehead atoms. The number of rotatable bonds is 6. The van der Waals surface area contributed by atoms with E-state index in [4.69, 9.17) is 9.47 Å². The number of carbonyl (C=O) groups excluding carboxylic acids is 2. The molecule has 0 aromatic carbocycles. The molecule has 1 fully saturated rings. The van der Waals surface area contributed by atoms with Crippen LogP contribution in [0.4, 0.5) is 0 Å². The number of carbonyl (C=O) groups is 2. The second kappa shape index (κ2) is 5.87. The van der Waals surface area contributed by atoms with Crippen LogP contribution < -0.4 is 0 Å². The minimum Gasteiger partial charge on any atom is -0.466 e. The summed E-state index contributed by atoms with van der Waals surface area (Å²) < 4.78 is 9.81. The van der Waals surface area contributed by atoms with E-state index in [1.807, 2.05) is 6.92 Å². The van der Waals surface area contributed by atoms with E-state index < -0.39 is 0 Å². The van der Waals surface area contributed by atoms with Crippen molar-refractivity contribution >= 4 is 11.9 Å². The Labute approximate surface area is 96.3 Å². The highest BCUT2D eigenvalue weighted by Gasteiger charge is 2.52. The molecule has 4 nitrogen and oxygen atoms in total. The van der Waals surface area contributed by atoms with E-state index in [0.717, 1.165) is 6.42 Å². The summed E-state index contributed by atoms with van der Waals surface area (Å²) in [7, 11) is 0. The van der Waals surface area contributed by atoms with Gasteiger partial charge in [-0.3, -0.25) is 9.59 Å². The van der Waals surface area contributed by atoms with Crippen LogP contribution in [0.3, 0.4) is 0 Å². The molecule has 0 aliphatic heterocycles. The molecule has 0 saturated heterocycles. The van der Waals surface area contributed by atoms with Gasteiger partial charge >= 0.3 is 11.9 Å². The number of hydrogen-bond donors (Lipinski definition) is 0. The molecule has 0 aromatic rings. The summed E-state index contributed by atoms with van der Waals surface area (Å²) in [5.74, 6) is 0.333. The molecular weight excluding hydrogens is 208 g/mol. The number of hydrogen-bond acceptors (Lipinski definition) is 4. The Balaban J connectivity index is 2.25. The third-order valence-corrected chi connectivity index (χ3v) is 3.11. The first-order chi connectivity index (χ1) is 7.61. The predicted molar refractivity (Wildman–Crippen MR) is 58.6 cm³/mol. The van der Waals surface area contributed by atoms with Crippen LogP contribution >= 0.6 is 0 Å². The molecule has 0 radical (unpaired) electrons. The summed E-state index contributed by atoms with van der Waals surface area (Å²) in [5.41, 5.74) is 0. The lowest BCUT2D eigenvalue weighted by molar-refractivity contribution is -0.146. The summed E-state index contributed by atoms with van der Waals surface area (Å²) in [5, 5.41) is 0. The lowest BCUT2D eigenvalue weighted by Crippen LogP contribution is -2.09. The summed E-state index contributed by atoms with van der Waals surface area (Å²) in [6.07, 6.45) is 1.13. The van der Waals surface area contributed by atoms with Gasteiger partial charge in [-0.2, -0.15) is 0 Å². The van der Waals surface area contributed by atoms with Crippen molar-refractivity contribution in [3.63, 3.8) is 0 Å². The summed E-state index contributed by atoms with van der Waals surface area (Å²) in [6.45, 7) is 6.46. The maximum Gasteiger partial charge on any atom is 0.309 e. The van der Waals surface area contributed by atoms with Crippen LogP contribution in [0, 0.1) is 17.8 Å². The molecule has 92 valence electrons. The van der Waals surface area contributed by atoms with E-state index in [0.29, 0.717) is 31.5 Å². The van der Waals surface area contributed by atoms with Gasteiger partial charge in [-0.1, -0.05) is 6.92 Å². The average molecular weight is 228 g/mol. The first-order valence-corrected chi connectivity index (χ1v) is 5.94.